The second kappa shape index (κ2) is 10.6. The molecule has 0 saturated heterocycles. The second-order valence-electron chi connectivity index (χ2n) is 11.3. The third kappa shape index (κ3) is 6.31. The Balaban J connectivity index is 1.78. The van der Waals surface area contributed by atoms with Crippen molar-refractivity contribution in [1.29, 1.82) is 0 Å². The Morgan fingerprint density at radius 3 is 2.42 bits per heavy atom. The topological polar surface area (TPSA) is 96.7 Å². The molecule has 3 aromatic rings. The number of alkyl halides is 3. The minimum absolute atomic E-state index is 0.00306. The fourth-order valence-electron chi connectivity index (χ4n) is 5.63. The molecule has 1 fully saturated rings. The van der Waals surface area contributed by atoms with Gasteiger partial charge in [0.25, 0.3) is 5.91 Å². The van der Waals surface area contributed by atoms with E-state index in [4.69, 9.17) is 0 Å². The number of likely N-dealkylation sites (N-methyl/N-ethyl adjacent to an activating group) is 1. The number of aliphatic carboxylic acids is 1. The lowest BCUT2D eigenvalue weighted by Gasteiger charge is -2.40. The molecule has 8 nitrogen and oxygen atoms in total. The Hall–Kier alpha value is -3.83. The van der Waals surface area contributed by atoms with E-state index >= 15 is 4.39 Å². The van der Waals surface area contributed by atoms with Crippen molar-refractivity contribution in [1.82, 2.24) is 14.5 Å². The molecule has 3 atom stereocenters. The maximum Gasteiger partial charge on any atom is 0.573 e. The summed E-state index contributed by atoms with van der Waals surface area (Å²) in [7, 11) is 1.29. The van der Waals surface area contributed by atoms with Gasteiger partial charge < -0.3 is 24.6 Å². The number of halogens is 4. The number of hydrogen-bond donors (Lipinski definition) is 2. The number of amides is 1. The summed E-state index contributed by atoms with van der Waals surface area (Å²) >= 11 is 0. The zero-order valence-electron chi connectivity index (χ0n) is 22.8. The predicted molar refractivity (Wildman–Crippen MR) is 141 cm³/mol. The van der Waals surface area contributed by atoms with Gasteiger partial charge in [-0.25, -0.2) is 14.2 Å². The minimum atomic E-state index is -4.82. The third-order valence-corrected chi connectivity index (χ3v) is 7.34. The molecule has 1 heterocycles. The van der Waals surface area contributed by atoms with Gasteiger partial charge >= 0.3 is 12.3 Å². The van der Waals surface area contributed by atoms with Gasteiger partial charge in [-0.3, -0.25) is 4.79 Å². The number of benzene rings is 2. The molecular weight excluding hydrogens is 532 g/mol. The fraction of sp³-hybridized carbons (Fsp3) is 0.464. The maximum absolute atomic E-state index is 15.4. The van der Waals surface area contributed by atoms with Crippen LogP contribution in [0.25, 0.3) is 11.0 Å². The van der Waals surface area contributed by atoms with Gasteiger partial charge in [0.2, 0.25) is 5.95 Å². The van der Waals surface area contributed by atoms with E-state index in [1.807, 2.05) is 4.57 Å². The average Bonchev–Trinajstić information content (AvgIpc) is 3.17. The summed E-state index contributed by atoms with van der Waals surface area (Å²) < 4.78 is 59.0. The number of carboxylic acids is 1. The Morgan fingerprint density at radius 1 is 1.20 bits per heavy atom. The Kier molecular flexibility index (Phi) is 7.75. The number of fused-ring (bicyclic) bond motifs is 1. The molecule has 1 aliphatic carbocycles. The molecule has 0 spiro atoms. The number of nitrogens with zero attached hydrogens (tertiary/aromatic N) is 3. The first kappa shape index (κ1) is 29.2. The van der Waals surface area contributed by atoms with Gasteiger partial charge in [0.05, 0.1) is 16.6 Å². The monoisotopic (exact) mass is 564 g/mol. The summed E-state index contributed by atoms with van der Waals surface area (Å²) in [4.78, 5) is 29.9. The summed E-state index contributed by atoms with van der Waals surface area (Å²) in [6.45, 7) is 7.80. The van der Waals surface area contributed by atoms with Crippen molar-refractivity contribution in [2.24, 2.45) is 11.3 Å². The van der Waals surface area contributed by atoms with Crippen molar-refractivity contribution in [3.8, 4) is 5.75 Å². The van der Waals surface area contributed by atoms with E-state index in [0.717, 1.165) is 24.2 Å². The van der Waals surface area contributed by atoms with Gasteiger partial charge in [0.15, 0.2) is 0 Å². The zero-order chi connectivity index (χ0) is 29.6. The van der Waals surface area contributed by atoms with Crippen LogP contribution in [0.15, 0.2) is 36.4 Å². The predicted octanol–water partition coefficient (Wildman–Crippen LogP) is 6.75. The van der Waals surface area contributed by atoms with Crippen LogP contribution < -0.4 is 10.1 Å². The highest BCUT2D eigenvalue weighted by Gasteiger charge is 2.35. The SMILES string of the molecule is C[C@H]1C[C@@H](n2c(Nc3ccc(OC(F)(F)F)cc3)nc3cc(C(=O)N(C)[C@H](C)C(=O)O)c(F)cc32)CC(C)(C)C1. The molecule has 0 bridgehead atoms. The molecule has 4 rings (SSSR count). The first-order valence-electron chi connectivity index (χ1n) is 12.9. The first-order chi connectivity index (χ1) is 18.5. The number of rotatable bonds is 7. The van der Waals surface area contributed by atoms with E-state index < -0.39 is 30.1 Å². The maximum atomic E-state index is 15.4. The number of ether oxygens (including phenoxy) is 1. The quantitative estimate of drug-likeness (QED) is 0.308. The second-order valence-corrected chi connectivity index (χ2v) is 11.3. The number of hydrogen-bond acceptors (Lipinski definition) is 5. The van der Waals surface area contributed by atoms with Crippen molar-refractivity contribution >= 4 is 34.5 Å². The molecule has 2 aromatic carbocycles. The highest BCUT2D eigenvalue weighted by atomic mass is 19.4. The molecule has 1 amide bonds. The van der Waals surface area contributed by atoms with Crippen LogP contribution in [-0.4, -0.2) is 50.9 Å². The number of aromatic nitrogens is 2. The molecule has 12 heteroatoms. The zero-order valence-corrected chi connectivity index (χ0v) is 22.8. The normalized spacial score (nSPS) is 19.7. The van der Waals surface area contributed by atoms with Crippen LogP contribution in [0, 0.1) is 17.2 Å². The molecular formula is C28H32F4N4O4. The Morgan fingerprint density at radius 2 is 1.85 bits per heavy atom. The van der Waals surface area contributed by atoms with Crippen molar-refractivity contribution in [3.05, 3.63) is 47.8 Å². The van der Waals surface area contributed by atoms with E-state index in [-0.39, 0.29) is 22.8 Å². The smallest absolute Gasteiger partial charge is 0.480 e. The summed E-state index contributed by atoms with van der Waals surface area (Å²) in [5.41, 5.74) is 0.872. The van der Waals surface area contributed by atoms with Crippen LogP contribution in [0.5, 0.6) is 5.75 Å². The molecule has 40 heavy (non-hydrogen) atoms. The number of imidazole rings is 1. The molecule has 2 N–H and O–H groups in total. The number of carbonyl (C=O) groups is 2. The molecule has 0 aliphatic heterocycles. The van der Waals surface area contributed by atoms with Crippen molar-refractivity contribution < 1.29 is 37.0 Å². The molecule has 0 radical (unpaired) electrons. The largest absolute Gasteiger partial charge is 0.573 e. The lowest BCUT2D eigenvalue weighted by molar-refractivity contribution is -0.274. The van der Waals surface area contributed by atoms with Crippen LogP contribution in [-0.2, 0) is 4.79 Å². The fourth-order valence-corrected chi connectivity index (χ4v) is 5.63. The average molecular weight is 565 g/mol. The van der Waals surface area contributed by atoms with Gasteiger partial charge in [-0.1, -0.05) is 20.8 Å². The number of anilines is 2. The summed E-state index contributed by atoms with van der Waals surface area (Å²) in [6.07, 6.45) is -2.23. The molecule has 216 valence electrons. The van der Waals surface area contributed by atoms with E-state index in [2.05, 4.69) is 35.8 Å². The Bertz CT molecular complexity index is 1420. The Labute approximate surface area is 228 Å². The van der Waals surface area contributed by atoms with Crippen LogP contribution >= 0.6 is 0 Å². The van der Waals surface area contributed by atoms with Crippen molar-refractivity contribution in [2.45, 2.75) is 65.4 Å². The van der Waals surface area contributed by atoms with E-state index in [0.29, 0.717) is 28.6 Å². The first-order valence-corrected chi connectivity index (χ1v) is 12.9. The van der Waals surface area contributed by atoms with Crippen molar-refractivity contribution in [2.75, 3.05) is 12.4 Å². The lowest BCUT2D eigenvalue weighted by atomic mass is 9.70. The summed E-state index contributed by atoms with van der Waals surface area (Å²) in [5, 5.41) is 12.4. The minimum Gasteiger partial charge on any atom is -0.480 e. The summed E-state index contributed by atoms with van der Waals surface area (Å²) in [6, 6.07) is 6.45. The van der Waals surface area contributed by atoms with Gasteiger partial charge in [0.1, 0.15) is 17.6 Å². The molecule has 1 aromatic heterocycles. The third-order valence-electron chi connectivity index (χ3n) is 7.34. The summed E-state index contributed by atoms with van der Waals surface area (Å²) in [5.74, 6) is -2.51. The number of carbonyl (C=O) groups excluding carboxylic acids is 1. The van der Waals surface area contributed by atoms with Gasteiger partial charge in [-0.15, -0.1) is 13.2 Å². The number of nitrogens with one attached hydrogen (secondary N) is 1. The molecule has 1 aliphatic rings. The van der Waals surface area contributed by atoms with E-state index in [1.54, 1.807) is 0 Å². The molecule has 1 saturated carbocycles. The van der Waals surface area contributed by atoms with Crippen LogP contribution in [0.4, 0.5) is 29.2 Å². The molecule has 0 unspecified atom stereocenters. The lowest BCUT2D eigenvalue weighted by Crippen LogP contribution is -2.40. The standard InChI is InChI=1S/C28H32F4N4O4/c1-15-10-18(14-27(3,4)13-15)36-23-12-21(29)20(24(37)35(5)16(2)25(38)39)11-22(23)34-26(36)33-17-6-8-19(9-7-17)40-28(30,31)32/h6-9,11-12,15-16,18H,10,13-14H2,1-5H3,(H,33,34)(H,38,39)/t15-,16+,18+/m0/s1. The highest BCUT2D eigenvalue weighted by molar-refractivity contribution is 5.99. The van der Waals surface area contributed by atoms with Crippen LogP contribution in [0.2, 0.25) is 0 Å². The van der Waals surface area contributed by atoms with Crippen LogP contribution in [0.1, 0.15) is 63.4 Å². The van der Waals surface area contributed by atoms with Crippen molar-refractivity contribution in [3.63, 3.8) is 0 Å². The van der Waals surface area contributed by atoms with Gasteiger partial charge in [-0.05, 0) is 67.9 Å². The van der Waals surface area contributed by atoms with Gasteiger partial charge in [-0.2, -0.15) is 0 Å². The van der Waals surface area contributed by atoms with E-state index in [1.165, 1.54) is 50.4 Å². The highest BCUT2D eigenvalue weighted by Crippen LogP contribution is 2.46. The number of carboxylic acid groups (broad SMARTS) is 1. The van der Waals surface area contributed by atoms with Gasteiger partial charge in [0, 0.05) is 24.8 Å². The van der Waals surface area contributed by atoms with E-state index in [9.17, 15) is 27.9 Å². The van der Waals surface area contributed by atoms with Crippen LogP contribution in [0.3, 0.4) is 0 Å².